The summed E-state index contributed by atoms with van der Waals surface area (Å²) in [4.78, 5) is 0. The predicted octanol–water partition coefficient (Wildman–Crippen LogP) is 11.2. The number of hydrogen-bond acceptors (Lipinski definition) is 1. The molecular weight excluding hydrogens is 522 g/mol. The van der Waals surface area contributed by atoms with Crippen LogP contribution in [0.3, 0.4) is 0 Å². The monoisotopic (exact) mass is 555 g/mol. The highest BCUT2D eigenvalue weighted by atomic mass is 16.5. The number of para-hydroxylation sites is 1. The number of aryl methyl sites for hydroxylation is 2. The van der Waals surface area contributed by atoms with Crippen molar-refractivity contribution in [3.05, 3.63) is 150 Å². The van der Waals surface area contributed by atoms with Gasteiger partial charge in [0.15, 0.2) is 0 Å². The third-order valence-electron chi connectivity index (χ3n) is 9.31. The zero-order valence-electron chi connectivity index (χ0n) is 25.0. The van der Waals surface area contributed by atoms with E-state index in [-0.39, 0.29) is 5.41 Å². The van der Waals surface area contributed by atoms with E-state index >= 15 is 0 Å². The van der Waals surface area contributed by atoms with E-state index in [1.54, 1.807) is 0 Å². The van der Waals surface area contributed by atoms with Gasteiger partial charge in [-0.15, -0.1) is 0 Å². The van der Waals surface area contributed by atoms with Crippen LogP contribution in [0.2, 0.25) is 0 Å². The molecule has 2 heterocycles. The molecule has 0 amide bonds. The molecule has 0 unspecified atom stereocenters. The van der Waals surface area contributed by atoms with Gasteiger partial charge in [-0.3, -0.25) is 0 Å². The Balaban J connectivity index is 1.35. The summed E-state index contributed by atoms with van der Waals surface area (Å²) in [5.41, 5.74) is 13.1. The molecule has 0 fully saturated rings. The molecule has 208 valence electrons. The molecule has 0 saturated heterocycles. The fourth-order valence-corrected chi connectivity index (χ4v) is 6.99. The van der Waals surface area contributed by atoms with Crippen LogP contribution >= 0.6 is 0 Å². The summed E-state index contributed by atoms with van der Waals surface area (Å²) in [6.45, 7) is 9.05. The zero-order valence-corrected chi connectivity index (χ0v) is 25.0. The highest BCUT2D eigenvalue weighted by Gasteiger charge is 2.36. The first-order valence-electron chi connectivity index (χ1n) is 15.0. The molecule has 2 heteroatoms. The van der Waals surface area contributed by atoms with Gasteiger partial charge in [-0.05, 0) is 77.6 Å². The van der Waals surface area contributed by atoms with Crippen LogP contribution in [0.1, 0.15) is 36.1 Å². The van der Waals surface area contributed by atoms with E-state index in [9.17, 15) is 0 Å². The Morgan fingerprint density at radius 1 is 0.512 bits per heavy atom. The van der Waals surface area contributed by atoms with Gasteiger partial charge in [-0.25, -0.2) is 0 Å². The molecule has 43 heavy (non-hydrogen) atoms. The summed E-state index contributed by atoms with van der Waals surface area (Å²) in [5.74, 6) is 1.86. The minimum atomic E-state index is -0.220. The van der Waals surface area contributed by atoms with Crippen LogP contribution in [0, 0.1) is 13.8 Å². The van der Waals surface area contributed by atoms with Crippen LogP contribution in [0.4, 0.5) is 0 Å². The molecule has 0 bridgehead atoms. The molecule has 8 rings (SSSR count). The molecule has 7 aromatic rings. The van der Waals surface area contributed by atoms with Gasteiger partial charge >= 0.3 is 0 Å². The maximum Gasteiger partial charge on any atom is 0.133 e. The second-order valence-corrected chi connectivity index (χ2v) is 12.3. The van der Waals surface area contributed by atoms with Gasteiger partial charge in [-0.2, -0.15) is 0 Å². The first-order valence-corrected chi connectivity index (χ1v) is 15.0. The van der Waals surface area contributed by atoms with Crippen molar-refractivity contribution in [3.8, 4) is 39.4 Å². The van der Waals surface area contributed by atoms with E-state index in [1.165, 1.54) is 60.8 Å². The predicted molar refractivity (Wildman–Crippen MR) is 180 cm³/mol. The van der Waals surface area contributed by atoms with Crippen LogP contribution in [-0.2, 0) is 5.41 Å². The lowest BCUT2D eigenvalue weighted by Crippen LogP contribution is -2.24. The molecule has 1 aliphatic heterocycles. The lowest BCUT2D eigenvalue weighted by atomic mass is 9.74. The lowest BCUT2D eigenvalue weighted by Gasteiger charge is -2.35. The van der Waals surface area contributed by atoms with Crippen molar-refractivity contribution in [1.29, 1.82) is 0 Å². The molecular formula is C41H33NO. The van der Waals surface area contributed by atoms with Crippen molar-refractivity contribution in [2.75, 3.05) is 0 Å². The number of aromatic nitrogens is 1. The van der Waals surface area contributed by atoms with Crippen molar-refractivity contribution >= 4 is 21.8 Å². The smallest absolute Gasteiger partial charge is 0.133 e. The van der Waals surface area contributed by atoms with Crippen LogP contribution in [-0.4, -0.2) is 4.57 Å². The Kier molecular flexibility index (Phi) is 5.64. The second-order valence-electron chi connectivity index (χ2n) is 12.3. The largest absolute Gasteiger partial charge is 0.457 e. The normalized spacial score (nSPS) is 13.5. The lowest BCUT2D eigenvalue weighted by molar-refractivity contribution is 0.419. The van der Waals surface area contributed by atoms with Crippen molar-refractivity contribution in [3.63, 3.8) is 0 Å². The van der Waals surface area contributed by atoms with Gasteiger partial charge in [-0.1, -0.05) is 105 Å². The van der Waals surface area contributed by atoms with E-state index < -0.39 is 0 Å². The van der Waals surface area contributed by atoms with Gasteiger partial charge in [0.2, 0.25) is 0 Å². The average molecular weight is 556 g/mol. The summed E-state index contributed by atoms with van der Waals surface area (Å²) in [5, 5.41) is 2.49. The molecule has 0 N–H and O–H groups in total. The SMILES string of the molecule is Cc1ccccc1-c1cc2c(cc1C)C(C)(C)c1cc3c4ccccc4n(-c4cccc(-c5ccccc5)c4)c3cc1O2. The minimum absolute atomic E-state index is 0.220. The number of benzene rings is 6. The summed E-state index contributed by atoms with van der Waals surface area (Å²) >= 11 is 0. The fraction of sp³-hybridized carbons (Fsp3) is 0.122. The molecule has 6 aromatic carbocycles. The Morgan fingerprint density at radius 3 is 2.05 bits per heavy atom. The number of rotatable bonds is 3. The standard InChI is InChI=1S/C41H33NO/c1-26-13-8-9-18-31(26)33-24-39-35(21-27(33)2)41(3,4)36-23-34-32-19-10-11-20-37(32)42(38(34)25-40(36)43-39)30-17-12-16-29(22-30)28-14-6-5-7-15-28/h5-25H,1-4H3. The topological polar surface area (TPSA) is 14.2 Å². The van der Waals surface area contributed by atoms with Gasteiger partial charge in [0.25, 0.3) is 0 Å². The summed E-state index contributed by atoms with van der Waals surface area (Å²) in [6.07, 6.45) is 0. The number of ether oxygens (including phenoxy) is 1. The molecule has 1 aromatic heterocycles. The maximum atomic E-state index is 6.84. The van der Waals surface area contributed by atoms with Gasteiger partial charge < -0.3 is 9.30 Å². The van der Waals surface area contributed by atoms with Crippen LogP contribution in [0.5, 0.6) is 11.5 Å². The summed E-state index contributed by atoms with van der Waals surface area (Å²) in [6, 6.07) is 46.0. The molecule has 0 atom stereocenters. The molecule has 1 aliphatic rings. The van der Waals surface area contributed by atoms with E-state index in [4.69, 9.17) is 4.74 Å². The third-order valence-corrected chi connectivity index (χ3v) is 9.31. The number of fused-ring (bicyclic) bond motifs is 5. The molecule has 0 saturated carbocycles. The Bertz CT molecular complexity index is 2200. The highest BCUT2D eigenvalue weighted by molar-refractivity contribution is 6.10. The quantitative estimate of drug-likeness (QED) is 0.211. The number of hydrogen-bond donors (Lipinski definition) is 0. The van der Waals surface area contributed by atoms with E-state index in [0.717, 1.165) is 22.7 Å². The number of nitrogens with zero attached hydrogens (tertiary/aromatic N) is 1. The van der Waals surface area contributed by atoms with Crippen molar-refractivity contribution in [2.24, 2.45) is 0 Å². The van der Waals surface area contributed by atoms with E-state index in [2.05, 4.69) is 160 Å². The molecule has 2 nitrogen and oxygen atoms in total. The fourth-order valence-electron chi connectivity index (χ4n) is 6.99. The van der Waals surface area contributed by atoms with Crippen molar-refractivity contribution in [1.82, 2.24) is 4.57 Å². The first kappa shape index (κ1) is 25.6. The third kappa shape index (κ3) is 3.94. The van der Waals surface area contributed by atoms with Gasteiger partial charge in [0, 0.05) is 39.1 Å². The van der Waals surface area contributed by atoms with Gasteiger partial charge in [0.05, 0.1) is 11.0 Å². The minimum Gasteiger partial charge on any atom is -0.457 e. The van der Waals surface area contributed by atoms with Crippen LogP contribution < -0.4 is 4.74 Å². The molecule has 0 radical (unpaired) electrons. The van der Waals surface area contributed by atoms with Gasteiger partial charge in [0.1, 0.15) is 11.5 Å². The Hall–Kier alpha value is -5.08. The molecule has 0 spiro atoms. The highest BCUT2D eigenvalue weighted by Crippen LogP contribution is 2.51. The second kappa shape index (κ2) is 9.47. The van der Waals surface area contributed by atoms with E-state index in [0.29, 0.717) is 0 Å². The van der Waals surface area contributed by atoms with Crippen LogP contribution in [0.25, 0.3) is 49.7 Å². The Morgan fingerprint density at radius 2 is 1.21 bits per heavy atom. The average Bonchev–Trinajstić information content (AvgIpc) is 3.35. The zero-order chi connectivity index (χ0) is 29.3. The first-order chi connectivity index (χ1) is 20.9. The summed E-state index contributed by atoms with van der Waals surface area (Å²) < 4.78 is 9.23. The Labute approximate surface area is 252 Å². The summed E-state index contributed by atoms with van der Waals surface area (Å²) in [7, 11) is 0. The molecule has 0 aliphatic carbocycles. The maximum absolute atomic E-state index is 6.84. The van der Waals surface area contributed by atoms with Crippen LogP contribution in [0.15, 0.2) is 127 Å². The van der Waals surface area contributed by atoms with E-state index in [1.807, 2.05) is 0 Å². The van der Waals surface area contributed by atoms with Crippen molar-refractivity contribution < 1.29 is 4.74 Å². The van der Waals surface area contributed by atoms with Crippen molar-refractivity contribution in [2.45, 2.75) is 33.1 Å².